The van der Waals surface area contributed by atoms with Gasteiger partial charge in [0, 0.05) is 23.8 Å². The molecule has 8 fully saturated rings. The molecule has 1 atom stereocenters. The van der Waals surface area contributed by atoms with E-state index in [1.807, 2.05) is 0 Å². The predicted molar refractivity (Wildman–Crippen MR) is 207 cm³/mol. The summed E-state index contributed by atoms with van der Waals surface area (Å²) in [6.45, 7) is 14.7. The van der Waals surface area contributed by atoms with E-state index in [1.165, 1.54) is 28.7 Å². The maximum atomic E-state index is 3.73. The molecule has 0 aliphatic heterocycles. The zero-order valence-corrected chi connectivity index (χ0v) is 32.8. The minimum atomic E-state index is -0.358. The third-order valence-electron chi connectivity index (χ3n) is 14.8. The number of rotatable bonds is 7. The highest BCUT2D eigenvalue weighted by atomic mass is 31.1. The van der Waals surface area contributed by atoms with Gasteiger partial charge < -0.3 is 9.97 Å². The van der Waals surface area contributed by atoms with E-state index in [4.69, 9.17) is 0 Å². The minimum Gasteiger partial charge on any atom is -0.364 e. The van der Waals surface area contributed by atoms with E-state index >= 15 is 0 Å². The van der Waals surface area contributed by atoms with Crippen LogP contribution in [0.15, 0.2) is 48.8 Å². The Morgan fingerprint density at radius 1 is 0.604 bits per heavy atom. The van der Waals surface area contributed by atoms with Crippen LogP contribution in [0.1, 0.15) is 152 Å². The van der Waals surface area contributed by atoms with Gasteiger partial charge in [0.2, 0.25) is 0 Å². The highest BCUT2D eigenvalue weighted by Gasteiger charge is 2.62. The molecule has 8 bridgehead atoms. The quantitative estimate of drug-likeness (QED) is 0.233. The first-order valence-electron chi connectivity index (χ1n) is 19.8. The van der Waals surface area contributed by atoms with Crippen LogP contribution in [0.5, 0.6) is 0 Å². The average molecular weight is 681 g/mol. The van der Waals surface area contributed by atoms with Crippen LogP contribution in [-0.4, -0.2) is 20.3 Å². The summed E-state index contributed by atoms with van der Waals surface area (Å²) in [7, 11) is 3.25. The van der Waals surface area contributed by atoms with Gasteiger partial charge in [0.1, 0.15) is 0 Å². The summed E-state index contributed by atoms with van der Waals surface area (Å²) in [5.74, 6) is 6.09. The monoisotopic (exact) mass is 680 g/mol. The van der Waals surface area contributed by atoms with Crippen molar-refractivity contribution in [1.82, 2.24) is 9.97 Å². The van der Waals surface area contributed by atoms with Crippen molar-refractivity contribution in [3.05, 3.63) is 82.4 Å². The average Bonchev–Trinajstić information content (AvgIpc) is 3.73. The Bertz CT molecular complexity index is 1500. The molecule has 2 aromatic heterocycles. The summed E-state index contributed by atoms with van der Waals surface area (Å²) in [6.07, 6.45) is 24.3. The molecular weight excluding hydrogens is 618 g/mol. The van der Waals surface area contributed by atoms with Crippen LogP contribution in [0.4, 0.5) is 0 Å². The lowest BCUT2D eigenvalue weighted by molar-refractivity contribution is 0.0184. The summed E-state index contributed by atoms with van der Waals surface area (Å²) < 4.78 is 0. The van der Waals surface area contributed by atoms with Gasteiger partial charge in [0.05, 0.1) is 5.16 Å². The fourth-order valence-electron chi connectivity index (χ4n) is 13.8. The van der Waals surface area contributed by atoms with E-state index < -0.39 is 0 Å². The summed E-state index contributed by atoms with van der Waals surface area (Å²) >= 11 is 0. The summed E-state index contributed by atoms with van der Waals surface area (Å²) in [5, 5.41) is 0.864. The molecule has 258 valence electrons. The van der Waals surface area contributed by atoms with Crippen LogP contribution < -0.4 is 0 Å². The molecule has 11 rings (SSSR count). The Labute approximate surface area is 295 Å². The van der Waals surface area contributed by atoms with Crippen LogP contribution in [0.3, 0.4) is 0 Å². The molecule has 2 N–H and O–H groups in total. The first kappa shape index (κ1) is 32.5. The fourth-order valence-corrected chi connectivity index (χ4v) is 19.5. The van der Waals surface area contributed by atoms with Crippen molar-refractivity contribution >= 4 is 17.2 Å². The van der Waals surface area contributed by atoms with Crippen molar-refractivity contribution in [3.63, 3.8) is 0 Å². The maximum absolute atomic E-state index is 3.73. The second-order valence-corrected chi connectivity index (χ2v) is 24.3. The molecule has 1 unspecified atom stereocenters. The molecule has 0 spiro atoms. The van der Waals surface area contributed by atoms with Gasteiger partial charge >= 0.3 is 0 Å². The molecule has 8 aliphatic rings. The van der Waals surface area contributed by atoms with Crippen molar-refractivity contribution < 1.29 is 0 Å². The van der Waals surface area contributed by atoms with Crippen LogP contribution in [0.2, 0.25) is 0 Å². The number of aromatic nitrogens is 2. The van der Waals surface area contributed by atoms with Crippen molar-refractivity contribution in [2.24, 2.45) is 35.5 Å². The van der Waals surface area contributed by atoms with Crippen molar-refractivity contribution in [2.45, 2.75) is 151 Å². The molecule has 2 heterocycles. The Kier molecular flexibility index (Phi) is 7.50. The van der Waals surface area contributed by atoms with Gasteiger partial charge in [-0.3, -0.25) is 0 Å². The topological polar surface area (TPSA) is 31.6 Å². The SMILES string of the molecule is CC(C)(C)c1cc(CP(C23CC4CC(CC(C4)C2)C3)C23CC4CC(CC(C4)C2)C3)c(C(P)(c2ccc[nH]2)c2ccc[nH]2)cc1C(C)(C)C. The van der Waals surface area contributed by atoms with E-state index in [1.54, 1.807) is 88.2 Å². The molecule has 3 aromatic rings. The van der Waals surface area contributed by atoms with E-state index in [2.05, 4.69) is 110 Å². The minimum absolute atomic E-state index is 0.0531. The molecule has 8 aliphatic carbocycles. The van der Waals surface area contributed by atoms with Gasteiger partial charge in [-0.25, -0.2) is 0 Å². The van der Waals surface area contributed by atoms with Gasteiger partial charge in [0.15, 0.2) is 0 Å². The predicted octanol–water partition coefficient (Wildman–Crippen LogP) is 12.0. The molecule has 8 saturated carbocycles. The van der Waals surface area contributed by atoms with E-state index in [-0.39, 0.29) is 23.9 Å². The molecule has 0 amide bonds. The smallest absolute Gasteiger partial charge is 0.0891 e. The van der Waals surface area contributed by atoms with Crippen LogP contribution in [0.25, 0.3) is 0 Å². The maximum Gasteiger partial charge on any atom is 0.0891 e. The molecule has 0 radical (unpaired) electrons. The van der Waals surface area contributed by atoms with Crippen LogP contribution >= 0.6 is 17.2 Å². The summed E-state index contributed by atoms with van der Waals surface area (Å²) in [6, 6.07) is 14.5. The van der Waals surface area contributed by atoms with Gasteiger partial charge in [-0.1, -0.05) is 61.6 Å². The third kappa shape index (κ3) is 5.14. The number of benzene rings is 1. The zero-order chi connectivity index (χ0) is 33.3. The molecule has 1 aromatic carbocycles. The number of H-pyrrole nitrogens is 2. The highest BCUT2D eigenvalue weighted by Crippen LogP contribution is 2.80. The van der Waals surface area contributed by atoms with Gasteiger partial charge in [0.25, 0.3) is 0 Å². The largest absolute Gasteiger partial charge is 0.364 e. The van der Waals surface area contributed by atoms with E-state index in [0.717, 1.165) is 35.5 Å². The number of nitrogens with one attached hydrogen (secondary N) is 2. The highest BCUT2D eigenvalue weighted by molar-refractivity contribution is 7.60. The van der Waals surface area contributed by atoms with Crippen molar-refractivity contribution in [1.29, 1.82) is 0 Å². The summed E-state index contributed by atoms with van der Waals surface area (Å²) in [4.78, 5) is 7.46. The Morgan fingerprint density at radius 2 is 0.979 bits per heavy atom. The lowest BCUT2D eigenvalue weighted by Gasteiger charge is -2.67. The molecule has 48 heavy (non-hydrogen) atoms. The van der Waals surface area contributed by atoms with E-state index in [9.17, 15) is 0 Å². The standard InChI is InChI=1S/C44H62N2P2/c1-40(2,3)36-19-34(35(20-37(36)41(4,5)6)44(47,38-9-7-11-45-38)39-10-8-12-46-39)27-48(42-21-28-13-29(22-42)15-30(14-28)23-42)43-24-31-16-32(25-43)18-33(17-31)26-43/h7-12,19-20,28-33,45-46H,13-18,21-27,47H2,1-6H3. The molecule has 4 heteroatoms. The normalized spacial score (nSPS) is 36.2. The molecule has 2 nitrogen and oxygen atoms in total. The van der Waals surface area contributed by atoms with Gasteiger partial charge in [-0.2, -0.15) is 0 Å². The molecular formula is C44H62N2P2. The van der Waals surface area contributed by atoms with Gasteiger partial charge in [-0.15, -0.1) is 9.24 Å². The van der Waals surface area contributed by atoms with Crippen molar-refractivity contribution in [2.75, 3.05) is 0 Å². The lowest BCUT2D eigenvalue weighted by atomic mass is 9.55. The van der Waals surface area contributed by atoms with E-state index in [0.29, 0.717) is 10.3 Å². The Hall–Kier alpha value is -1.36. The Morgan fingerprint density at radius 3 is 1.31 bits per heavy atom. The second kappa shape index (κ2) is 11.1. The third-order valence-corrected chi connectivity index (χ3v) is 19.8. The second-order valence-electron chi connectivity index (χ2n) is 20.4. The fraction of sp³-hybridized carbons (Fsp3) is 0.682. The lowest BCUT2D eigenvalue weighted by Crippen LogP contribution is -2.56. The Balaban J connectivity index is 1.27. The molecule has 0 saturated heterocycles. The zero-order valence-electron chi connectivity index (χ0n) is 30.8. The van der Waals surface area contributed by atoms with Crippen molar-refractivity contribution in [3.8, 4) is 0 Å². The summed E-state index contributed by atoms with van der Waals surface area (Å²) in [5.41, 5.74) is 8.97. The number of hydrogen-bond donors (Lipinski definition) is 2. The number of hydrogen-bond acceptors (Lipinski definition) is 0. The number of aromatic amines is 2. The first-order chi connectivity index (χ1) is 22.7. The first-order valence-corrected chi connectivity index (χ1v) is 21.9. The van der Waals surface area contributed by atoms with Crippen LogP contribution in [0, 0.1) is 35.5 Å². The van der Waals surface area contributed by atoms with Crippen LogP contribution in [-0.2, 0) is 22.1 Å². The van der Waals surface area contributed by atoms with Gasteiger partial charge in [-0.05, 0) is 186 Å².